The Labute approximate surface area is 74.4 Å². The molecule has 0 saturated heterocycles. The zero-order chi connectivity index (χ0) is 8.81. The van der Waals surface area contributed by atoms with Gasteiger partial charge in [-0.25, -0.2) is 4.57 Å². The van der Waals surface area contributed by atoms with Crippen LogP contribution in [0.25, 0.3) is 6.08 Å². The van der Waals surface area contributed by atoms with Crippen molar-refractivity contribution >= 4 is 6.08 Å². The van der Waals surface area contributed by atoms with Gasteiger partial charge >= 0.3 is 0 Å². The lowest BCUT2D eigenvalue weighted by Gasteiger charge is -1.95. The number of aromatic nitrogens is 1. The summed E-state index contributed by atoms with van der Waals surface area (Å²) in [5.41, 5.74) is 1.19. The Kier molecular flexibility index (Phi) is 3.52. The molecule has 0 aliphatic carbocycles. The van der Waals surface area contributed by atoms with Crippen LogP contribution >= 0.6 is 0 Å². The number of aryl methyl sites for hydroxylation is 1. The lowest BCUT2D eigenvalue weighted by atomic mass is 10.2. The molecule has 0 saturated carbocycles. The van der Waals surface area contributed by atoms with Crippen molar-refractivity contribution < 1.29 is 4.57 Å². The Morgan fingerprint density at radius 3 is 3.08 bits per heavy atom. The van der Waals surface area contributed by atoms with Crippen LogP contribution in [0.1, 0.15) is 25.3 Å². The van der Waals surface area contributed by atoms with Crippen molar-refractivity contribution in [1.82, 2.24) is 0 Å². The maximum absolute atomic E-state index is 3.74. The van der Waals surface area contributed by atoms with Crippen LogP contribution in [0.3, 0.4) is 0 Å². The van der Waals surface area contributed by atoms with E-state index < -0.39 is 0 Å². The summed E-state index contributed by atoms with van der Waals surface area (Å²) in [4.78, 5) is 0. The maximum Gasteiger partial charge on any atom is 0.176 e. The zero-order valence-electron chi connectivity index (χ0n) is 7.66. The highest BCUT2D eigenvalue weighted by Crippen LogP contribution is 1.95. The van der Waals surface area contributed by atoms with Gasteiger partial charge in [-0.2, -0.15) is 0 Å². The predicted octanol–water partition coefficient (Wildman–Crippen LogP) is 2.42. The number of rotatable bonds is 4. The van der Waals surface area contributed by atoms with Gasteiger partial charge in [-0.15, -0.1) is 0 Å². The van der Waals surface area contributed by atoms with E-state index in [-0.39, 0.29) is 0 Å². The minimum atomic E-state index is 1.11. The molecule has 1 aromatic heterocycles. The molecule has 0 atom stereocenters. The number of hydrogen-bond donors (Lipinski definition) is 0. The summed E-state index contributed by atoms with van der Waals surface area (Å²) in [6.07, 6.45) is 8.59. The van der Waals surface area contributed by atoms with Crippen molar-refractivity contribution in [2.24, 2.45) is 0 Å². The molecule has 0 aliphatic rings. The predicted molar refractivity (Wildman–Crippen MR) is 51.6 cm³/mol. The number of nitrogens with zero attached hydrogens (tertiary/aromatic N) is 1. The van der Waals surface area contributed by atoms with E-state index in [4.69, 9.17) is 0 Å². The van der Waals surface area contributed by atoms with E-state index in [1.807, 2.05) is 6.08 Å². The zero-order valence-corrected chi connectivity index (χ0v) is 7.66. The number of hydrogen-bond acceptors (Lipinski definition) is 0. The first-order chi connectivity index (χ1) is 5.86. The molecule has 12 heavy (non-hydrogen) atoms. The Morgan fingerprint density at radius 1 is 1.58 bits per heavy atom. The van der Waals surface area contributed by atoms with Gasteiger partial charge in [0.15, 0.2) is 12.4 Å². The minimum absolute atomic E-state index is 1.11. The van der Waals surface area contributed by atoms with Gasteiger partial charge in [0, 0.05) is 18.1 Å². The highest BCUT2D eigenvalue weighted by molar-refractivity contribution is 5.43. The summed E-state index contributed by atoms with van der Waals surface area (Å²) in [7, 11) is 0. The molecule has 0 bridgehead atoms. The van der Waals surface area contributed by atoms with Crippen molar-refractivity contribution in [2.45, 2.75) is 26.3 Å². The Balaban J connectivity index is 2.66. The first-order valence-electron chi connectivity index (χ1n) is 4.48. The van der Waals surface area contributed by atoms with Gasteiger partial charge in [0.25, 0.3) is 0 Å². The van der Waals surface area contributed by atoms with Crippen molar-refractivity contribution in [3.63, 3.8) is 0 Å². The summed E-state index contributed by atoms with van der Waals surface area (Å²) < 4.78 is 2.21. The molecule has 0 radical (unpaired) electrons. The fourth-order valence-electron chi connectivity index (χ4n) is 1.14. The molecule has 1 rings (SSSR count). The summed E-state index contributed by atoms with van der Waals surface area (Å²) in [5.74, 6) is 0. The van der Waals surface area contributed by atoms with Crippen LogP contribution in [0.15, 0.2) is 31.1 Å². The smallest absolute Gasteiger partial charge is 0.176 e. The van der Waals surface area contributed by atoms with E-state index in [9.17, 15) is 0 Å². The van der Waals surface area contributed by atoms with Crippen LogP contribution < -0.4 is 4.57 Å². The standard InChI is InChI=1S/C11H16N/c1-3-5-8-12-9-6-7-11(4-2)10-12/h4,6-7,9-10H,2-3,5,8H2,1H3/q+1. The van der Waals surface area contributed by atoms with Gasteiger partial charge in [0.2, 0.25) is 0 Å². The molecule has 1 nitrogen and oxygen atoms in total. The average molecular weight is 162 g/mol. The van der Waals surface area contributed by atoms with E-state index in [1.165, 1.54) is 18.4 Å². The molecule has 0 aliphatic heterocycles. The van der Waals surface area contributed by atoms with E-state index in [0.29, 0.717) is 0 Å². The average Bonchev–Trinajstić information content (AvgIpc) is 2.15. The Hall–Kier alpha value is -1.11. The van der Waals surface area contributed by atoms with Crippen LogP contribution in [0.5, 0.6) is 0 Å². The third-order valence-electron chi connectivity index (χ3n) is 1.89. The van der Waals surface area contributed by atoms with Gasteiger partial charge in [-0.3, -0.25) is 0 Å². The van der Waals surface area contributed by atoms with Gasteiger partial charge in [0.1, 0.15) is 6.54 Å². The maximum atomic E-state index is 3.74. The highest BCUT2D eigenvalue weighted by atomic mass is 14.9. The van der Waals surface area contributed by atoms with Crippen molar-refractivity contribution in [3.8, 4) is 0 Å². The second-order valence-corrected chi connectivity index (χ2v) is 2.93. The number of unbranched alkanes of at least 4 members (excludes halogenated alkanes) is 1. The molecule has 1 heterocycles. The second kappa shape index (κ2) is 4.70. The van der Waals surface area contributed by atoms with Crippen LogP contribution in [-0.2, 0) is 6.54 Å². The van der Waals surface area contributed by atoms with E-state index >= 15 is 0 Å². The van der Waals surface area contributed by atoms with Crippen LogP contribution in [0, 0.1) is 0 Å². The van der Waals surface area contributed by atoms with Gasteiger partial charge in [-0.1, -0.05) is 26.0 Å². The minimum Gasteiger partial charge on any atom is -0.205 e. The Bertz CT molecular complexity index is 253. The lowest BCUT2D eigenvalue weighted by molar-refractivity contribution is -0.697. The summed E-state index contributed by atoms with van der Waals surface area (Å²) in [6, 6.07) is 4.13. The van der Waals surface area contributed by atoms with Crippen molar-refractivity contribution in [1.29, 1.82) is 0 Å². The normalized spacial score (nSPS) is 9.75. The third kappa shape index (κ3) is 2.50. The molecule has 1 aromatic rings. The molecular formula is C11H16N+. The first kappa shape index (κ1) is 8.98. The monoisotopic (exact) mass is 162 g/mol. The first-order valence-corrected chi connectivity index (χ1v) is 4.48. The van der Waals surface area contributed by atoms with E-state index in [2.05, 4.69) is 42.6 Å². The number of pyridine rings is 1. The van der Waals surface area contributed by atoms with Crippen LogP contribution in [0.4, 0.5) is 0 Å². The molecule has 64 valence electrons. The van der Waals surface area contributed by atoms with Crippen LogP contribution in [0.2, 0.25) is 0 Å². The van der Waals surface area contributed by atoms with Crippen molar-refractivity contribution in [3.05, 3.63) is 36.7 Å². The van der Waals surface area contributed by atoms with Gasteiger partial charge in [0.05, 0.1) is 0 Å². The fraction of sp³-hybridized carbons (Fsp3) is 0.364. The lowest BCUT2D eigenvalue weighted by Crippen LogP contribution is -2.32. The largest absolute Gasteiger partial charge is 0.205 e. The summed E-state index contributed by atoms with van der Waals surface area (Å²) >= 11 is 0. The second-order valence-electron chi connectivity index (χ2n) is 2.93. The third-order valence-corrected chi connectivity index (χ3v) is 1.89. The topological polar surface area (TPSA) is 3.88 Å². The molecule has 0 spiro atoms. The molecule has 0 N–H and O–H groups in total. The summed E-state index contributed by atoms with van der Waals surface area (Å²) in [6.45, 7) is 7.05. The van der Waals surface area contributed by atoms with E-state index in [0.717, 1.165) is 6.54 Å². The highest BCUT2D eigenvalue weighted by Gasteiger charge is 1.98. The SMILES string of the molecule is C=Cc1ccc[n+](CCCC)c1. The molecule has 0 unspecified atom stereocenters. The molecule has 1 heteroatoms. The van der Waals surface area contributed by atoms with Crippen LogP contribution in [-0.4, -0.2) is 0 Å². The fourth-order valence-corrected chi connectivity index (χ4v) is 1.14. The van der Waals surface area contributed by atoms with E-state index in [1.54, 1.807) is 0 Å². The van der Waals surface area contributed by atoms with Gasteiger partial charge < -0.3 is 0 Å². The summed E-state index contributed by atoms with van der Waals surface area (Å²) in [5, 5.41) is 0. The quantitative estimate of drug-likeness (QED) is 0.599. The van der Waals surface area contributed by atoms with Crippen molar-refractivity contribution in [2.75, 3.05) is 0 Å². The molecule has 0 fully saturated rings. The molecule has 0 aromatic carbocycles. The Morgan fingerprint density at radius 2 is 2.42 bits per heavy atom. The molecule has 0 amide bonds. The van der Waals surface area contributed by atoms with Gasteiger partial charge in [-0.05, 0) is 6.07 Å². The molecular weight excluding hydrogens is 146 g/mol.